The fourth-order valence-electron chi connectivity index (χ4n) is 1.69. The maximum Gasteiger partial charge on any atom is 0.478 e. The Morgan fingerprint density at radius 1 is 1.15 bits per heavy atom. The van der Waals surface area contributed by atoms with Gasteiger partial charge in [-0.2, -0.15) is 0 Å². The molecule has 0 amide bonds. The second kappa shape index (κ2) is 3.86. The molecule has 13 heavy (non-hydrogen) atoms. The van der Waals surface area contributed by atoms with E-state index in [0.29, 0.717) is 0 Å². The molecular formula is C7H12BF4O-. The van der Waals surface area contributed by atoms with Crippen molar-refractivity contribution in [1.29, 1.82) is 0 Å². The zero-order valence-corrected chi connectivity index (χ0v) is 7.24. The van der Waals surface area contributed by atoms with E-state index >= 15 is 0 Å². The molecule has 0 atom stereocenters. The smallest absolute Gasteiger partial charge is 0.449 e. The van der Waals surface area contributed by atoms with Gasteiger partial charge in [-0.15, -0.1) is 0 Å². The molecule has 0 spiro atoms. The summed E-state index contributed by atoms with van der Waals surface area (Å²) < 4.78 is 53.8. The largest absolute Gasteiger partial charge is 0.478 e. The van der Waals surface area contributed by atoms with Gasteiger partial charge in [-0.3, -0.25) is 4.39 Å². The van der Waals surface area contributed by atoms with Crippen LogP contribution in [-0.4, -0.2) is 26.9 Å². The standard InChI is InChI=1S/C7H12BF4O/c9-6-7(5-8(10,11)12)1-3-13-4-2-7/h1-6H2/q-1. The number of rotatable bonds is 3. The molecule has 1 rings (SSSR count). The van der Waals surface area contributed by atoms with Crippen LogP contribution >= 0.6 is 0 Å². The molecule has 78 valence electrons. The quantitative estimate of drug-likeness (QED) is 0.501. The summed E-state index contributed by atoms with van der Waals surface area (Å²) in [7, 11) is 0. The van der Waals surface area contributed by atoms with Crippen LogP contribution in [-0.2, 0) is 4.74 Å². The molecule has 0 unspecified atom stereocenters. The van der Waals surface area contributed by atoms with E-state index in [-0.39, 0.29) is 26.1 Å². The Morgan fingerprint density at radius 3 is 2.08 bits per heavy atom. The second-order valence-electron chi connectivity index (χ2n) is 3.66. The van der Waals surface area contributed by atoms with E-state index < -0.39 is 25.4 Å². The highest BCUT2D eigenvalue weighted by Crippen LogP contribution is 2.40. The summed E-state index contributed by atoms with van der Waals surface area (Å²) in [5, 5.41) is 0. The van der Waals surface area contributed by atoms with E-state index in [2.05, 4.69) is 0 Å². The van der Waals surface area contributed by atoms with E-state index in [4.69, 9.17) is 4.74 Å². The Bertz CT molecular complexity index is 164. The minimum absolute atomic E-state index is 0.185. The maximum atomic E-state index is 12.5. The third-order valence-corrected chi connectivity index (χ3v) is 2.50. The average Bonchev–Trinajstić information content (AvgIpc) is 2.03. The van der Waals surface area contributed by atoms with Crippen LogP contribution in [0.15, 0.2) is 0 Å². The summed E-state index contributed by atoms with van der Waals surface area (Å²) in [5.74, 6) is 0. The molecule has 6 heteroatoms. The van der Waals surface area contributed by atoms with Crippen LogP contribution < -0.4 is 0 Å². The van der Waals surface area contributed by atoms with Gasteiger partial charge in [0.15, 0.2) is 0 Å². The topological polar surface area (TPSA) is 9.23 Å². The summed E-state index contributed by atoms with van der Waals surface area (Å²) in [6.07, 6.45) is -0.595. The molecule has 0 aromatic rings. The average molecular weight is 199 g/mol. The van der Waals surface area contributed by atoms with Gasteiger partial charge in [-0.1, -0.05) is 6.32 Å². The fourth-order valence-corrected chi connectivity index (χ4v) is 1.69. The number of hydrogen-bond donors (Lipinski definition) is 0. The third-order valence-electron chi connectivity index (χ3n) is 2.50. The van der Waals surface area contributed by atoms with Crippen molar-refractivity contribution in [3.8, 4) is 0 Å². The predicted molar refractivity (Wildman–Crippen MR) is 42.3 cm³/mol. The highest BCUT2D eigenvalue weighted by Gasteiger charge is 2.40. The third kappa shape index (κ3) is 3.17. The van der Waals surface area contributed by atoms with E-state index in [9.17, 15) is 17.3 Å². The Morgan fingerprint density at radius 2 is 1.69 bits per heavy atom. The van der Waals surface area contributed by atoms with Gasteiger partial charge in [0.05, 0.1) is 6.67 Å². The molecular weight excluding hydrogens is 187 g/mol. The van der Waals surface area contributed by atoms with Gasteiger partial charge < -0.3 is 17.7 Å². The lowest BCUT2D eigenvalue weighted by Gasteiger charge is -2.38. The lowest BCUT2D eigenvalue weighted by Crippen LogP contribution is -2.37. The van der Waals surface area contributed by atoms with Crippen molar-refractivity contribution < 1.29 is 22.1 Å². The van der Waals surface area contributed by atoms with Crippen molar-refractivity contribution in [3.63, 3.8) is 0 Å². The Balaban J connectivity index is 2.57. The summed E-state index contributed by atoms with van der Waals surface area (Å²) in [4.78, 5) is 0. The van der Waals surface area contributed by atoms with Gasteiger partial charge in [-0.25, -0.2) is 0 Å². The van der Waals surface area contributed by atoms with Crippen LogP contribution in [0.2, 0.25) is 6.32 Å². The first kappa shape index (κ1) is 10.8. The molecule has 1 nitrogen and oxygen atoms in total. The van der Waals surface area contributed by atoms with Gasteiger partial charge in [0.1, 0.15) is 0 Å². The van der Waals surface area contributed by atoms with Crippen molar-refractivity contribution in [2.45, 2.75) is 19.2 Å². The summed E-state index contributed by atoms with van der Waals surface area (Å²) in [6.45, 7) is -5.28. The molecule has 0 aliphatic carbocycles. The van der Waals surface area contributed by atoms with Crippen molar-refractivity contribution >= 4 is 6.98 Å². The first-order valence-electron chi connectivity index (χ1n) is 4.32. The summed E-state index contributed by atoms with van der Waals surface area (Å²) in [6, 6.07) is 0. The summed E-state index contributed by atoms with van der Waals surface area (Å²) >= 11 is 0. The molecule has 1 fully saturated rings. The van der Waals surface area contributed by atoms with Gasteiger partial charge in [0.2, 0.25) is 0 Å². The molecule has 0 N–H and O–H groups in total. The van der Waals surface area contributed by atoms with Gasteiger partial charge in [0, 0.05) is 13.2 Å². The van der Waals surface area contributed by atoms with Gasteiger partial charge in [0.25, 0.3) is 0 Å². The zero-order valence-electron chi connectivity index (χ0n) is 7.24. The lowest BCUT2D eigenvalue weighted by molar-refractivity contribution is 0.00831. The highest BCUT2D eigenvalue weighted by atomic mass is 19.4. The van der Waals surface area contributed by atoms with Crippen LogP contribution in [0.4, 0.5) is 17.3 Å². The van der Waals surface area contributed by atoms with Crippen LogP contribution in [0.3, 0.4) is 0 Å². The Kier molecular flexibility index (Phi) is 3.21. The van der Waals surface area contributed by atoms with E-state index in [1.165, 1.54) is 0 Å². The highest BCUT2D eigenvalue weighted by molar-refractivity contribution is 6.58. The molecule has 0 radical (unpaired) electrons. The van der Waals surface area contributed by atoms with Crippen LogP contribution in [0.5, 0.6) is 0 Å². The SMILES string of the molecule is FCC1(C[B-](F)(F)F)CCOCC1. The number of alkyl halides is 1. The molecule has 1 aliphatic rings. The molecule has 1 heterocycles. The lowest BCUT2D eigenvalue weighted by atomic mass is 9.65. The van der Waals surface area contributed by atoms with E-state index in [0.717, 1.165) is 0 Å². The van der Waals surface area contributed by atoms with Crippen LogP contribution in [0.1, 0.15) is 12.8 Å². The van der Waals surface area contributed by atoms with Crippen molar-refractivity contribution in [1.82, 2.24) is 0 Å². The van der Waals surface area contributed by atoms with Gasteiger partial charge in [-0.05, 0) is 18.3 Å². The number of hydrogen-bond acceptors (Lipinski definition) is 1. The summed E-state index contributed by atoms with van der Waals surface area (Å²) in [5.41, 5.74) is -1.18. The minimum Gasteiger partial charge on any atom is -0.449 e. The van der Waals surface area contributed by atoms with E-state index in [1.54, 1.807) is 0 Å². The molecule has 1 aliphatic heterocycles. The van der Waals surface area contributed by atoms with Crippen LogP contribution in [0, 0.1) is 5.41 Å². The molecule has 1 saturated heterocycles. The van der Waals surface area contributed by atoms with Gasteiger partial charge >= 0.3 is 6.98 Å². The van der Waals surface area contributed by atoms with Crippen LogP contribution in [0.25, 0.3) is 0 Å². The first-order valence-corrected chi connectivity index (χ1v) is 4.32. The first-order chi connectivity index (χ1) is 5.97. The number of ether oxygens (including phenoxy) is 1. The normalized spacial score (nSPS) is 23.1. The van der Waals surface area contributed by atoms with Crippen molar-refractivity contribution in [2.24, 2.45) is 5.41 Å². The zero-order chi connectivity index (χ0) is 9.95. The minimum atomic E-state index is -4.89. The molecule has 0 aromatic carbocycles. The number of halogens is 4. The molecule has 0 bridgehead atoms. The van der Waals surface area contributed by atoms with E-state index in [1.807, 2.05) is 0 Å². The Hall–Kier alpha value is -0.255. The molecule has 0 aromatic heterocycles. The van der Waals surface area contributed by atoms with Crippen molar-refractivity contribution in [3.05, 3.63) is 0 Å². The Labute approximate surface area is 74.5 Å². The maximum absolute atomic E-state index is 12.5. The predicted octanol–water partition coefficient (Wildman–Crippen LogP) is 2.60. The van der Waals surface area contributed by atoms with Crippen molar-refractivity contribution in [2.75, 3.05) is 19.9 Å². The second-order valence-corrected chi connectivity index (χ2v) is 3.66. The monoisotopic (exact) mass is 199 g/mol. The molecule has 0 saturated carbocycles. The fraction of sp³-hybridized carbons (Fsp3) is 1.00.